The number of non-ortho nitro benzene ring substituents is 1. The van der Waals surface area contributed by atoms with Gasteiger partial charge in [0.25, 0.3) is 11.2 Å². The summed E-state index contributed by atoms with van der Waals surface area (Å²) in [6, 6.07) is 12.7. The molecule has 0 aliphatic rings. The molecule has 0 atom stereocenters. The zero-order valence-electron chi connectivity index (χ0n) is 13.7. The molecule has 0 bridgehead atoms. The second-order valence-electron chi connectivity index (χ2n) is 5.73. The molecule has 0 N–H and O–H groups in total. The van der Waals surface area contributed by atoms with Gasteiger partial charge in [0.15, 0.2) is 0 Å². The predicted molar refractivity (Wildman–Crippen MR) is 95.9 cm³/mol. The summed E-state index contributed by atoms with van der Waals surface area (Å²) in [5.41, 5.74) is 0.380. The van der Waals surface area contributed by atoms with E-state index < -0.39 is 16.2 Å². The molecule has 8 nitrogen and oxygen atoms in total. The summed E-state index contributed by atoms with van der Waals surface area (Å²) in [6.45, 7) is 2.28. The highest BCUT2D eigenvalue weighted by molar-refractivity contribution is 6.06. The van der Waals surface area contributed by atoms with Gasteiger partial charge in [-0.25, -0.2) is 9.36 Å². The average molecular weight is 351 g/mol. The number of para-hydroxylation sites is 1. The highest BCUT2D eigenvalue weighted by Gasteiger charge is 2.21. The maximum absolute atomic E-state index is 13.1. The lowest BCUT2D eigenvalue weighted by Crippen LogP contribution is -2.31. The SMILES string of the molecule is CCn1c2ccc([N+](=O)[O-])cc2c2c(=O)n(-c3ccccc3)c(=O)oc21. The van der Waals surface area contributed by atoms with Crippen LogP contribution >= 0.6 is 0 Å². The van der Waals surface area contributed by atoms with Crippen LogP contribution in [0, 0.1) is 10.1 Å². The van der Waals surface area contributed by atoms with Crippen LogP contribution in [0.15, 0.2) is 62.5 Å². The second-order valence-corrected chi connectivity index (χ2v) is 5.73. The van der Waals surface area contributed by atoms with Gasteiger partial charge in [-0.15, -0.1) is 0 Å². The number of nitro groups is 1. The van der Waals surface area contributed by atoms with Crippen molar-refractivity contribution in [3.63, 3.8) is 0 Å². The van der Waals surface area contributed by atoms with Gasteiger partial charge in [-0.2, -0.15) is 0 Å². The van der Waals surface area contributed by atoms with Crippen molar-refractivity contribution < 1.29 is 9.34 Å². The summed E-state index contributed by atoms with van der Waals surface area (Å²) in [4.78, 5) is 36.1. The number of aryl methyl sites for hydroxylation is 1. The standard InChI is InChI=1S/C18H13N3O5/c1-2-19-14-9-8-12(21(24)25)10-13(14)15-16(22)20(18(23)26-17(15)19)11-6-4-3-5-7-11/h3-10H,2H2,1H3. The third kappa shape index (κ3) is 2.16. The number of nitro benzene ring substituents is 1. The number of nitrogens with zero attached hydrogens (tertiary/aromatic N) is 3. The molecule has 2 aromatic heterocycles. The lowest BCUT2D eigenvalue weighted by Gasteiger charge is -2.04. The number of aromatic nitrogens is 2. The summed E-state index contributed by atoms with van der Waals surface area (Å²) in [5.74, 6) is -0.805. The maximum atomic E-state index is 13.1. The number of hydrogen-bond donors (Lipinski definition) is 0. The van der Waals surface area contributed by atoms with Gasteiger partial charge in [0.05, 0.1) is 16.1 Å². The Bertz CT molecular complexity index is 1280. The van der Waals surface area contributed by atoms with Crippen LogP contribution in [0.2, 0.25) is 0 Å². The third-order valence-corrected chi connectivity index (χ3v) is 4.32. The van der Waals surface area contributed by atoms with Crippen molar-refractivity contribution >= 4 is 27.7 Å². The molecule has 26 heavy (non-hydrogen) atoms. The van der Waals surface area contributed by atoms with Crippen molar-refractivity contribution in [1.82, 2.24) is 9.13 Å². The van der Waals surface area contributed by atoms with E-state index in [9.17, 15) is 19.7 Å². The Kier molecular flexibility index (Phi) is 3.47. The molecule has 0 spiro atoms. The first-order valence-corrected chi connectivity index (χ1v) is 7.95. The van der Waals surface area contributed by atoms with E-state index in [0.717, 1.165) is 4.57 Å². The summed E-state index contributed by atoms with van der Waals surface area (Å²) in [7, 11) is 0. The molecular weight excluding hydrogens is 338 g/mol. The van der Waals surface area contributed by atoms with Crippen molar-refractivity contribution in [1.29, 1.82) is 0 Å². The van der Waals surface area contributed by atoms with Crippen LogP contribution in [-0.2, 0) is 6.54 Å². The molecular formula is C18H13N3O5. The number of rotatable bonds is 3. The number of fused-ring (bicyclic) bond motifs is 3. The minimum absolute atomic E-state index is 0.116. The van der Waals surface area contributed by atoms with Crippen molar-refractivity contribution in [3.8, 4) is 5.69 Å². The van der Waals surface area contributed by atoms with Crippen LogP contribution in [0.5, 0.6) is 0 Å². The zero-order chi connectivity index (χ0) is 18.4. The smallest absolute Gasteiger partial charge is 0.391 e. The van der Waals surface area contributed by atoms with Crippen LogP contribution in [-0.4, -0.2) is 14.1 Å². The van der Waals surface area contributed by atoms with E-state index in [2.05, 4.69) is 0 Å². The van der Waals surface area contributed by atoms with E-state index in [1.54, 1.807) is 41.0 Å². The largest absolute Gasteiger partial charge is 0.428 e. The minimum Gasteiger partial charge on any atom is -0.391 e. The van der Waals surface area contributed by atoms with Crippen molar-refractivity contribution in [2.45, 2.75) is 13.5 Å². The van der Waals surface area contributed by atoms with E-state index in [1.807, 2.05) is 6.92 Å². The molecule has 2 aromatic carbocycles. The fourth-order valence-corrected chi connectivity index (χ4v) is 3.18. The normalized spacial score (nSPS) is 11.3. The molecule has 0 radical (unpaired) electrons. The average Bonchev–Trinajstić information content (AvgIpc) is 2.95. The first-order valence-electron chi connectivity index (χ1n) is 7.95. The topological polar surface area (TPSA) is 100 Å². The van der Waals surface area contributed by atoms with Crippen molar-refractivity contribution in [3.05, 3.63) is 79.5 Å². The first kappa shape index (κ1) is 15.8. The van der Waals surface area contributed by atoms with Gasteiger partial charge in [0.2, 0.25) is 5.71 Å². The van der Waals surface area contributed by atoms with Gasteiger partial charge in [-0.1, -0.05) is 18.2 Å². The van der Waals surface area contributed by atoms with E-state index in [4.69, 9.17) is 4.42 Å². The van der Waals surface area contributed by atoms with E-state index in [0.29, 0.717) is 23.1 Å². The molecule has 8 heteroatoms. The van der Waals surface area contributed by atoms with E-state index in [1.165, 1.54) is 12.1 Å². The Morgan fingerprint density at radius 3 is 2.50 bits per heavy atom. The van der Waals surface area contributed by atoms with Crippen molar-refractivity contribution in [2.75, 3.05) is 0 Å². The Morgan fingerprint density at radius 1 is 1.12 bits per heavy atom. The molecule has 0 aliphatic heterocycles. The van der Waals surface area contributed by atoms with E-state index >= 15 is 0 Å². The lowest BCUT2D eigenvalue weighted by molar-refractivity contribution is -0.384. The third-order valence-electron chi connectivity index (χ3n) is 4.32. The van der Waals surface area contributed by atoms with Crippen molar-refractivity contribution in [2.24, 2.45) is 0 Å². The van der Waals surface area contributed by atoms with Crippen LogP contribution in [0.25, 0.3) is 27.7 Å². The monoisotopic (exact) mass is 351 g/mol. The van der Waals surface area contributed by atoms with Gasteiger partial charge in [-0.05, 0) is 25.1 Å². The highest BCUT2D eigenvalue weighted by Crippen LogP contribution is 2.29. The molecule has 0 saturated heterocycles. The van der Waals surface area contributed by atoms with Gasteiger partial charge in [0.1, 0.15) is 5.39 Å². The summed E-state index contributed by atoms with van der Waals surface area (Å²) < 4.78 is 8.03. The van der Waals surface area contributed by atoms with Crippen LogP contribution in [0.4, 0.5) is 5.69 Å². The van der Waals surface area contributed by atoms with Gasteiger partial charge < -0.3 is 8.98 Å². The maximum Gasteiger partial charge on any atom is 0.428 e. The second kappa shape index (κ2) is 5.69. The molecule has 4 rings (SSSR count). The molecule has 2 heterocycles. The first-order chi connectivity index (χ1) is 12.5. The Morgan fingerprint density at radius 2 is 1.85 bits per heavy atom. The van der Waals surface area contributed by atoms with Crippen LogP contribution in [0.1, 0.15) is 6.92 Å². The Hall–Kier alpha value is -3.68. The quantitative estimate of drug-likeness (QED) is 0.417. The van der Waals surface area contributed by atoms with Gasteiger partial charge >= 0.3 is 5.76 Å². The molecule has 0 saturated carbocycles. The lowest BCUT2D eigenvalue weighted by atomic mass is 10.2. The minimum atomic E-state index is -0.805. The number of benzene rings is 2. The number of hydrogen-bond acceptors (Lipinski definition) is 5. The molecule has 0 unspecified atom stereocenters. The fraction of sp³-hybridized carbons (Fsp3) is 0.111. The summed E-state index contributed by atoms with van der Waals surface area (Å²) in [6.07, 6.45) is 0. The van der Waals surface area contributed by atoms with Crippen LogP contribution in [0.3, 0.4) is 0 Å². The van der Waals surface area contributed by atoms with Crippen LogP contribution < -0.4 is 11.3 Å². The zero-order valence-corrected chi connectivity index (χ0v) is 13.7. The molecule has 130 valence electrons. The van der Waals surface area contributed by atoms with E-state index in [-0.39, 0.29) is 16.8 Å². The molecule has 0 amide bonds. The molecule has 4 aromatic rings. The predicted octanol–water partition coefficient (Wildman–Crippen LogP) is 2.83. The van der Waals surface area contributed by atoms with Gasteiger partial charge in [-0.3, -0.25) is 14.9 Å². The van der Waals surface area contributed by atoms with Gasteiger partial charge in [0, 0.05) is 24.1 Å². The summed E-state index contributed by atoms with van der Waals surface area (Å²) in [5, 5.41) is 11.7. The highest BCUT2D eigenvalue weighted by atomic mass is 16.6. The summed E-state index contributed by atoms with van der Waals surface area (Å²) >= 11 is 0. The Labute approximate surface area is 145 Å². The Balaban J connectivity index is 2.22. The molecule has 0 fully saturated rings. The fourth-order valence-electron chi connectivity index (χ4n) is 3.18. The molecule has 0 aliphatic carbocycles.